The van der Waals surface area contributed by atoms with Crippen LogP contribution in [0.2, 0.25) is 0 Å². The Hall–Kier alpha value is -2.04. The van der Waals surface area contributed by atoms with Gasteiger partial charge in [-0.1, -0.05) is 12.1 Å². The topological polar surface area (TPSA) is 69.6 Å². The van der Waals surface area contributed by atoms with Crippen LogP contribution >= 0.6 is 0 Å². The molecule has 0 atom stereocenters. The van der Waals surface area contributed by atoms with Crippen molar-refractivity contribution < 1.29 is 14.7 Å². The summed E-state index contributed by atoms with van der Waals surface area (Å²) in [7, 11) is 0. The van der Waals surface area contributed by atoms with E-state index in [4.69, 9.17) is 5.11 Å². The molecule has 5 nitrogen and oxygen atoms in total. The van der Waals surface area contributed by atoms with E-state index in [1.807, 2.05) is 26.0 Å². The van der Waals surface area contributed by atoms with Crippen molar-refractivity contribution >= 4 is 17.6 Å². The first-order valence-electron chi connectivity index (χ1n) is 5.78. The Morgan fingerprint density at radius 1 is 1.39 bits per heavy atom. The highest BCUT2D eigenvalue weighted by atomic mass is 16.4. The van der Waals surface area contributed by atoms with E-state index in [-0.39, 0.29) is 12.3 Å². The fourth-order valence-corrected chi connectivity index (χ4v) is 1.90. The van der Waals surface area contributed by atoms with Crippen molar-refractivity contribution in [3.63, 3.8) is 0 Å². The molecular formula is C13H16N2O3. The Morgan fingerprint density at radius 3 is 2.44 bits per heavy atom. The van der Waals surface area contributed by atoms with Crippen molar-refractivity contribution in [1.82, 2.24) is 5.43 Å². The monoisotopic (exact) mass is 248 g/mol. The SMILES string of the molecule is CC1(C)CN(c2ccc(CC(=O)O)cc2)NC1=O. The minimum Gasteiger partial charge on any atom is -0.481 e. The number of carbonyl (C=O) groups is 2. The molecule has 1 saturated heterocycles. The number of carboxylic acid groups (broad SMARTS) is 1. The van der Waals surface area contributed by atoms with E-state index in [2.05, 4.69) is 5.43 Å². The van der Waals surface area contributed by atoms with Gasteiger partial charge in [0.2, 0.25) is 5.91 Å². The number of amides is 1. The molecule has 0 unspecified atom stereocenters. The molecule has 1 heterocycles. The van der Waals surface area contributed by atoms with Crippen LogP contribution in [0.3, 0.4) is 0 Å². The summed E-state index contributed by atoms with van der Waals surface area (Å²) >= 11 is 0. The average Bonchev–Trinajstić information content (AvgIpc) is 2.54. The van der Waals surface area contributed by atoms with Gasteiger partial charge in [-0.15, -0.1) is 0 Å². The van der Waals surface area contributed by atoms with Gasteiger partial charge in [-0.2, -0.15) is 0 Å². The normalized spacial score (nSPS) is 17.7. The first-order valence-corrected chi connectivity index (χ1v) is 5.78. The molecule has 0 spiro atoms. The van der Waals surface area contributed by atoms with Crippen LogP contribution in [0.25, 0.3) is 0 Å². The summed E-state index contributed by atoms with van der Waals surface area (Å²) in [6.07, 6.45) is 0.0120. The van der Waals surface area contributed by atoms with Crippen LogP contribution in [-0.4, -0.2) is 23.5 Å². The van der Waals surface area contributed by atoms with Crippen LogP contribution in [-0.2, 0) is 16.0 Å². The molecule has 1 fully saturated rings. The van der Waals surface area contributed by atoms with E-state index in [1.54, 1.807) is 17.1 Å². The number of rotatable bonds is 3. The molecule has 96 valence electrons. The third-order valence-electron chi connectivity index (χ3n) is 3.01. The molecule has 0 saturated carbocycles. The molecule has 1 aromatic carbocycles. The lowest BCUT2D eigenvalue weighted by molar-refractivity contribution is -0.136. The van der Waals surface area contributed by atoms with Gasteiger partial charge in [0.15, 0.2) is 0 Å². The van der Waals surface area contributed by atoms with Crippen molar-refractivity contribution in [1.29, 1.82) is 0 Å². The molecule has 2 N–H and O–H groups in total. The first kappa shape index (κ1) is 12.4. The molecule has 0 bridgehead atoms. The maximum absolute atomic E-state index is 11.7. The lowest BCUT2D eigenvalue weighted by Crippen LogP contribution is -2.33. The summed E-state index contributed by atoms with van der Waals surface area (Å²) in [5.74, 6) is -0.851. The van der Waals surface area contributed by atoms with E-state index in [9.17, 15) is 9.59 Å². The number of aliphatic carboxylic acids is 1. The van der Waals surface area contributed by atoms with E-state index >= 15 is 0 Å². The fourth-order valence-electron chi connectivity index (χ4n) is 1.90. The molecule has 2 rings (SSSR count). The Morgan fingerprint density at radius 2 is 2.00 bits per heavy atom. The van der Waals surface area contributed by atoms with Crippen LogP contribution in [0.15, 0.2) is 24.3 Å². The van der Waals surface area contributed by atoms with Crippen LogP contribution in [0.4, 0.5) is 5.69 Å². The van der Waals surface area contributed by atoms with Crippen molar-refractivity contribution in [3.8, 4) is 0 Å². The van der Waals surface area contributed by atoms with Gasteiger partial charge in [0, 0.05) is 0 Å². The van der Waals surface area contributed by atoms with Gasteiger partial charge in [-0.25, -0.2) is 0 Å². The summed E-state index contributed by atoms with van der Waals surface area (Å²) in [5.41, 5.74) is 4.01. The minimum absolute atomic E-state index is 0.00267. The predicted molar refractivity (Wildman–Crippen MR) is 67.1 cm³/mol. The molecule has 1 aromatic rings. The number of anilines is 1. The molecule has 0 aromatic heterocycles. The van der Waals surface area contributed by atoms with Gasteiger partial charge >= 0.3 is 5.97 Å². The maximum Gasteiger partial charge on any atom is 0.307 e. The average molecular weight is 248 g/mol. The van der Waals surface area contributed by atoms with Crippen LogP contribution in [0, 0.1) is 5.41 Å². The Kier molecular flexibility index (Phi) is 2.98. The van der Waals surface area contributed by atoms with Crippen LogP contribution in [0.5, 0.6) is 0 Å². The predicted octanol–water partition coefficient (Wildman–Crippen LogP) is 1.19. The molecule has 0 radical (unpaired) electrons. The number of hydrazine groups is 1. The van der Waals surface area contributed by atoms with Crippen molar-refractivity contribution in [3.05, 3.63) is 29.8 Å². The van der Waals surface area contributed by atoms with Gasteiger partial charge in [0.25, 0.3) is 0 Å². The Bertz CT molecular complexity index is 480. The molecule has 1 amide bonds. The van der Waals surface area contributed by atoms with Crippen LogP contribution in [0.1, 0.15) is 19.4 Å². The second-order valence-electron chi connectivity index (χ2n) is 5.15. The van der Waals surface area contributed by atoms with E-state index in [0.717, 1.165) is 11.3 Å². The number of nitrogens with zero attached hydrogens (tertiary/aromatic N) is 1. The van der Waals surface area contributed by atoms with Gasteiger partial charge in [0.05, 0.1) is 24.1 Å². The van der Waals surface area contributed by atoms with Gasteiger partial charge < -0.3 is 5.11 Å². The third-order valence-corrected chi connectivity index (χ3v) is 3.01. The zero-order valence-electron chi connectivity index (χ0n) is 10.4. The molecular weight excluding hydrogens is 232 g/mol. The van der Waals surface area contributed by atoms with E-state index in [1.165, 1.54) is 0 Å². The van der Waals surface area contributed by atoms with Gasteiger partial charge in [-0.05, 0) is 31.5 Å². The zero-order valence-corrected chi connectivity index (χ0v) is 10.4. The summed E-state index contributed by atoms with van der Waals surface area (Å²) in [4.78, 5) is 22.2. The lowest BCUT2D eigenvalue weighted by Gasteiger charge is -2.18. The quantitative estimate of drug-likeness (QED) is 0.843. The summed E-state index contributed by atoms with van der Waals surface area (Å²) in [5, 5.41) is 10.5. The van der Waals surface area contributed by atoms with Gasteiger partial charge in [0.1, 0.15) is 0 Å². The smallest absolute Gasteiger partial charge is 0.307 e. The van der Waals surface area contributed by atoms with Crippen molar-refractivity contribution in [2.24, 2.45) is 5.41 Å². The number of carbonyl (C=O) groups excluding carboxylic acids is 1. The van der Waals surface area contributed by atoms with Crippen molar-refractivity contribution in [2.45, 2.75) is 20.3 Å². The summed E-state index contributed by atoms with van der Waals surface area (Å²) in [6.45, 7) is 4.38. The number of benzene rings is 1. The number of hydrogen-bond acceptors (Lipinski definition) is 3. The number of nitrogens with one attached hydrogen (secondary N) is 1. The standard InChI is InChI=1S/C13H16N2O3/c1-13(2)8-15(14-12(13)18)10-5-3-9(4-6-10)7-11(16)17/h3-6H,7-8H2,1-2H3,(H,14,18)(H,16,17). The van der Waals surface area contributed by atoms with Crippen LogP contribution < -0.4 is 10.4 Å². The molecule has 0 aliphatic carbocycles. The number of hydrogen-bond donors (Lipinski definition) is 2. The fraction of sp³-hybridized carbons (Fsp3) is 0.385. The molecule has 1 aliphatic rings. The molecule has 18 heavy (non-hydrogen) atoms. The lowest BCUT2D eigenvalue weighted by atomic mass is 9.94. The van der Waals surface area contributed by atoms with Crippen molar-refractivity contribution in [2.75, 3.05) is 11.6 Å². The first-order chi connectivity index (χ1) is 8.38. The maximum atomic E-state index is 11.7. The molecule has 1 aliphatic heterocycles. The number of carboxylic acids is 1. The Balaban J connectivity index is 2.12. The third kappa shape index (κ3) is 2.45. The summed E-state index contributed by atoms with van der Waals surface area (Å²) in [6, 6.07) is 7.17. The van der Waals surface area contributed by atoms with E-state index in [0.29, 0.717) is 6.54 Å². The molecule has 5 heteroatoms. The highest BCUT2D eigenvalue weighted by Gasteiger charge is 2.37. The minimum atomic E-state index is -0.849. The zero-order chi connectivity index (χ0) is 13.3. The summed E-state index contributed by atoms with van der Waals surface area (Å²) < 4.78 is 0. The van der Waals surface area contributed by atoms with E-state index < -0.39 is 11.4 Å². The highest BCUT2D eigenvalue weighted by molar-refractivity contribution is 5.87. The largest absolute Gasteiger partial charge is 0.481 e. The highest BCUT2D eigenvalue weighted by Crippen LogP contribution is 2.26. The second-order valence-corrected chi connectivity index (χ2v) is 5.15. The Labute approximate surface area is 105 Å². The second kappa shape index (κ2) is 4.33. The van der Waals surface area contributed by atoms with Gasteiger partial charge in [-0.3, -0.25) is 20.0 Å².